The largest absolute Gasteiger partial charge is 0.300 e. The Balaban J connectivity index is 1.57. The van der Waals surface area contributed by atoms with Gasteiger partial charge in [-0.25, -0.2) is 0 Å². The minimum Gasteiger partial charge on any atom is -0.300 e. The molecule has 1 unspecified atom stereocenters. The van der Waals surface area contributed by atoms with Crippen LogP contribution in [0.4, 0.5) is 0 Å². The van der Waals surface area contributed by atoms with Crippen molar-refractivity contribution in [2.75, 3.05) is 13.1 Å². The fraction of sp³-hybridized carbons (Fsp3) is 0.348. The van der Waals surface area contributed by atoms with E-state index in [0.717, 1.165) is 30.3 Å². The Labute approximate surface area is 154 Å². The maximum Gasteiger partial charge on any atom is 0.255 e. The number of aryl methyl sites for hydroxylation is 1. The number of likely N-dealkylation sites (tertiary alicyclic amines) is 1. The van der Waals surface area contributed by atoms with Gasteiger partial charge in [-0.15, -0.1) is 0 Å². The highest BCUT2D eigenvalue weighted by molar-refractivity contribution is 5.85. The number of aromatic nitrogens is 1. The monoisotopic (exact) mass is 346 g/mol. The molecule has 1 aromatic heterocycles. The number of pyridine rings is 1. The van der Waals surface area contributed by atoms with Crippen LogP contribution in [0.3, 0.4) is 0 Å². The van der Waals surface area contributed by atoms with Gasteiger partial charge in [0.2, 0.25) is 0 Å². The minimum absolute atomic E-state index is 0.0145. The number of rotatable bonds is 4. The zero-order chi connectivity index (χ0) is 18.1. The molecule has 0 N–H and O–H groups in total. The van der Waals surface area contributed by atoms with E-state index in [2.05, 4.69) is 42.2 Å². The fourth-order valence-electron chi connectivity index (χ4n) is 3.98. The summed E-state index contributed by atoms with van der Waals surface area (Å²) in [5, 5.41) is 2.41. The van der Waals surface area contributed by atoms with Crippen LogP contribution in [0.25, 0.3) is 16.5 Å². The molecule has 2 heterocycles. The van der Waals surface area contributed by atoms with Crippen molar-refractivity contribution in [2.45, 2.75) is 39.2 Å². The SMILES string of the molecule is Cc1ccn(-c2ccc3cc(CCN4CCCC4C)ccc3c2)c(=O)c1. The third-order valence-corrected chi connectivity index (χ3v) is 5.62. The molecular formula is C23H26N2O. The number of hydrogen-bond acceptors (Lipinski definition) is 2. The van der Waals surface area contributed by atoms with Gasteiger partial charge in [0.15, 0.2) is 0 Å². The summed E-state index contributed by atoms with van der Waals surface area (Å²) in [5.41, 5.74) is 3.31. The first kappa shape index (κ1) is 17.0. The van der Waals surface area contributed by atoms with Crippen molar-refractivity contribution in [1.29, 1.82) is 0 Å². The van der Waals surface area contributed by atoms with Gasteiger partial charge in [0, 0.05) is 30.5 Å². The van der Waals surface area contributed by atoms with Gasteiger partial charge in [-0.2, -0.15) is 0 Å². The van der Waals surface area contributed by atoms with Gasteiger partial charge in [-0.05, 0) is 79.8 Å². The zero-order valence-corrected chi connectivity index (χ0v) is 15.6. The van der Waals surface area contributed by atoms with Gasteiger partial charge in [-0.3, -0.25) is 9.36 Å². The average Bonchev–Trinajstić information content (AvgIpc) is 3.04. The van der Waals surface area contributed by atoms with Gasteiger partial charge < -0.3 is 4.90 Å². The molecule has 0 saturated carbocycles. The second-order valence-electron chi connectivity index (χ2n) is 7.56. The van der Waals surface area contributed by atoms with E-state index in [4.69, 9.17) is 0 Å². The topological polar surface area (TPSA) is 25.2 Å². The van der Waals surface area contributed by atoms with Gasteiger partial charge in [-0.1, -0.05) is 24.3 Å². The summed E-state index contributed by atoms with van der Waals surface area (Å²) < 4.78 is 1.70. The van der Waals surface area contributed by atoms with Crippen molar-refractivity contribution < 1.29 is 0 Å². The molecule has 26 heavy (non-hydrogen) atoms. The Hall–Kier alpha value is -2.39. The standard InChI is InChI=1S/C23H26N2O/c1-17-9-13-25(23(26)14-17)22-8-7-20-15-19(5-6-21(20)16-22)10-12-24-11-3-4-18(24)2/h5-9,13-16,18H,3-4,10-12H2,1-2H3. The van der Waals surface area contributed by atoms with Crippen molar-refractivity contribution >= 4 is 10.8 Å². The van der Waals surface area contributed by atoms with Crippen LogP contribution in [0.5, 0.6) is 0 Å². The second kappa shape index (κ2) is 7.08. The predicted molar refractivity (Wildman–Crippen MR) is 108 cm³/mol. The predicted octanol–water partition coefficient (Wildman–Crippen LogP) is 4.33. The molecule has 3 nitrogen and oxygen atoms in total. The molecule has 1 saturated heterocycles. The van der Waals surface area contributed by atoms with E-state index in [1.807, 2.05) is 25.3 Å². The third-order valence-electron chi connectivity index (χ3n) is 5.62. The number of fused-ring (bicyclic) bond motifs is 1. The molecule has 1 atom stereocenters. The van der Waals surface area contributed by atoms with Crippen molar-refractivity contribution in [2.24, 2.45) is 0 Å². The van der Waals surface area contributed by atoms with Crippen molar-refractivity contribution in [1.82, 2.24) is 9.47 Å². The number of hydrogen-bond donors (Lipinski definition) is 0. The summed E-state index contributed by atoms with van der Waals surface area (Å²) in [6, 6.07) is 17.3. The Kier molecular flexibility index (Phi) is 4.64. The van der Waals surface area contributed by atoms with Gasteiger partial charge in [0.05, 0.1) is 0 Å². The Morgan fingerprint density at radius 1 is 1.04 bits per heavy atom. The van der Waals surface area contributed by atoms with E-state index in [0.29, 0.717) is 0 Å². The second-order valence-corrected chi connectivity index (χ2v) is 7.56. The molecule has 1 aliphatic rings. The van der Waals surface area contributed by atoms with E-state index >= 15 is 0 Å². The van der Waals surface area contributed by atoms with Gasteiger partial charge in [0.25, 0.3) is 5.56 Å². The summed E-state index contributed by atoms with van der Waals surface area (Å²) in [4.78, 5) is 14.8. The van der Waals surface area contributed by atoms with E-state index < -0.39 is 0 Å². The number of nitrogens with zero attached hydrogens (tertiary/aromatic N) is 2. The fourth-order valence-corrected chi connectivity index (χ4v) is 3.98. The van der Waals surface area contributed by atoms with E-state index in [1.165, 1.54) is 35.7 Å². The quantitative estimate of drug-likeness (QED) is 0.703. The molecule has 1 fully saturated rings. The number of benzene rings is 2. The first-order chi connectivity index (χ1) is 12.6. The maximum atomic E-state index is 12.2. The molecule has 0 aliphatic carbocycles. The highest BCUT2D eigenvalue weighted by Gasteiger charge is 2.19. The minimum atomic E-state index is 0.0145. The van der Waals surface area contributed by atoms with E-state index in [9.17, 15) is 4.79 Å². The molecule has 2 aromatic carbocycles. The van der Waals surface area contributed by atoms with Crippen LogP contribution in [-0.4, -0.2) is 28.6 Å². The molecule has 1 aliphatic heterocycles. The molecule has 3 heteroatoms. The van der Waals surface area contributed by atoms with Gasteiger partial charge >= 0.3 is 0 Å². The van der Waals surface area contributed by atoms with Gasteiger partial charge in [0.1, 0.15) is 0 Å². The zero-order valence-electron chi connectivity index (χ0n) is 15.6. The lowest BCUT2D eigenvalue weighted by Crippen LogP contribution is -2.28. The smallest absolute Gasteiger partial charge is 0.255 e. The van der Waals surface area contributed by atoms with Crippen molar-refractivity contribution in [3.8, 4) is 5.69 Å². The maximum absolute atomic E-state index is 12.2. The lowest BCUT2D eigenvalue weighted by atomic mass is 10.0. The first-order valence-electron chi connectivity index (χ1n) is 9.56. The molecule has 0 radical (unpaired) electrons. The Morgan fingerprint density at radius 2 is 1.85 bits per heavy atom. The first-order valence-corrected chi connectivity index (χ1v) is 9.56. The van der Waals surface area contributed by atoms with Crippen LogP contribution in [0, 0.1) is 6.92 Å². The van der Waals surface area contributed by atoms with Crippen LogP contribution in [-0.2, 0) is 6.42 Å². The molecule has 4 rings (SSSR count). The van der Waals surface area contributed by atoms with Crippen LogP contribution < -0.4 is 5.56 Å². The third kappa shape index (κ3) is 3.45. The lowest BCUT2D eigenvalue weighted by molar-refractivity contribution is 0.272. The molecule has 0 spiro atoms. The summed E-state index contributed by atoms with van der Waals surface area (Å²) >= 11 is 0. The van der Waals surface area contributed by atoms with E-state index in [-0.39, 0.29) is 5.56 Å². The van der Waals surface area contributed by atoms with Crippen LogP contribution in [0.2, 0.25) is 0 Å². The summed E-state index contributed by atoms with van der Waals surface area (Å²) in [6.45, 7) is 6.66. The summed E-state index contributed by atoms with van der Waals surface area (Å²) in [6.07, 6.45) is 5.61. The molecule has 0 amide bonds. The van der Waals surface area contributed by atoms with E-state index in [1.54, 1.807) is 10.6 Å². The molecule has 0 bridgehead atoms. The van der Waals surface area contributed by atoms with Crippen LogP contribution in [0.1, 0.15) is 30.9 Å². The molecule has 134 valence electrons. The normalized spacial score (nSPS) is 17.8. The lowest BCUT2D eigenvalue weighted by Gasteiger charge is -2.20. The highest BCUT2D eigenvalue weighted by atomic mass is 16.1. The Bertz CT molecular complexity index is 989. The average molecular weight is 346 g/mol. The summed E-state index contributed by atoms with van der Waals surface area (Å²) in [5.74, 6) is 0. The molecular weight excluding hydrogens is 320 g/mol. The highest BCUT2D eigenvalue weighted by Crippen LogP contribution is 2.21. The summed E-state index contributed by atoms with van der Waals surface area (Å²) in [7, 11) is 0. The Morgan fingerprint density at radius 3 is 2.62 bits per heavy atom. The van der Waals surface area contributed by atoms with Crippen molar-refractivity contribution in [3.05, 3.63) is 76.2 Å². The molecule has 3 aromatic rings. The van der Waals surface area contributed by atoms with Crippen LogP contribution >= 0.6 is 0 Å². The van der Waals surface area contributed by atoms with Crippen molar-refractivity contribution in [3.63, 3.8) is 0 Å². The van der Waals surface area contributed by atoms with Crippen LogP contribution in [0.15, 0.2) is 59.5 Å².